The van der Waals surface area contributed by atoms with Crippen molar-refractivity contribution in [2.24, 2.45) is 0 Å². The number of rotatable bonds is 5. The Morgan fingerprint density at radius 2 is 1.96 bits per heavy atom. The van der Waals surface area contributed by atoms with Crippen LogP contribution in [0.15, 0.2) is 48.7 Å². The summed E-state index contributed by atoms with van der Waals surface area (Å²) in [6.07, 6.45) is 2.63. The second kappa shape index (κ2) is 7.34. The maximum atomic E-state index is 13.7. The van der Waals surface area contributed by atoms with E-state index in [1.165, 1.54) is 17.0 Å². The number of nitrogens with one attached hydrogen (secondary N) is 2. The monoisotopic (exact) mass is 343 g/mol. The molecule has 25 heavy (non-hydrogen) atoms. The first-order chi connectivity index (χ1) is 12.0. The van der Waals surface area contributed by atoms with E-state index in [0.29, 0.717) is 13.0 Å². The van der Waals surface area contributed by atoms with Crippen LogP contribution in [0.5, 0.6) is 0 Å². The summed E-state index contributed by atoms with van der Waals surface area (Å²) in [5.74, 6) is -1.29. The Bertz CT molecular complexity index is 891. The van der Waals surface area contributed by atoms with Crippen LogP contribution in [0.25, 0.3) is 10.9 Å². The van der Waals surface area contributed by atoms with Crippen molar-refractivity contribution in [3.8, 4) is 0 Å². The lowest BCUT2D eigenvalue weighted by molar-refractivity contribution is 0.206. The summed E-state index contributed by atoms with van der Waals surface area (Å²) in [6.45, 7) is 0.544. The van der Waals surface area contributed by atoms with Crippen molar-refractivity contribution >= 4 is 16.9 Å². The first-order valence-corrected chi connectivity index (χ1v) is 8.02. The lowest BCUT2D eigenvalue weighted by Crippen LogP contribution is -2.37. The fourth-order valence-electron chi connectivity index (χ4n) is 2.75. The summed E-state index contributed by atoms with van der Waals surface area (Å²) in [6, 6.07) is 11.0. The summed E-state index contributed by atoms with van der Waals surface area (Å²) >= 11 is 0. The van der Waals surface area contributed by atoms with Gasteiger partial charge in [0.25, 0.3) is 0 Å². The second-order valence-electron chi connectivity index (χ2n) is 5.93. The number of aromatic amines is 1. The number of hydrogen-bond donors (Lipinski definition) is 2. The first kappa shape index (κ1) is 17.0. The topological polar surface area (TPSA) is 48.1 Å². The molecule has 0 spiro atoms. The molecular formula is C19H19F2N3O. The summed E-state index contributed by atoms with van der Waals surface area (Å²) < 4.78 is 26.6. The molecule has 0 saturated carbocycles. The predicted molar refractivity (Wildman–Crippen MR) is 93.2 cm³/mol. The highest BCUT2D eigenvalue weighted by molar-refractivity contribution is 5.83. The zero-order valence-electron chi connectivity index (χ0n) is 13.9. The molecule has 0 fully saturated rings. The Morgan fingerprint density at radius 1 is 1.16 bits per heavy atom. The molecule has 4 nitrogen and oxygen atoms in total. The molecule has 0 saturated heterocycles. The minimum absolute atomic E-state index is 0.0744. The maximum absolute atomic E-state index is 13.7. The van der Waals surface area contributed by atoms with Gasteiger partial charge in [0.2, 0.25) is 0 Å². The Balaban J connectivity index is 1.53. The fourth-order valence-corrected chi connectivity index (χ4v) is 2.75. The van der Waals surface area contributed by atoms with Gasteiger partial charge in [-0.05, 0) is 24.1 Å². The summed E-state index contributed by atoms with van der Waals surface area (Å²) in [5.41, 5.74) is 2.46. The van der Waals surface area contributed by atoms with Gasteiger partial charge in [-0.2, -0.15) is 0 Å². The number of para-hydroxylation sites is 1. The molecule has 0 atom stereocenters. The van der Waals surface area contributed by atoms with Crippen molar-refractivity contribution in [3.05, 3.63) is 71.4 Å². The van der Waals surface area contributed by atoms with Crippen LogP contribution in [-0.2, 0) is 13.0 Å². The van der Waals surface area contributed by atoms with E-state index in [1.807, 2.05) is 30.5 Å². The Hall–Kier alpha value is -2.89. The second-order valence-corrected chi connectivity index (χ2v) is 5.93. The van der Waals surface area contributed by atoms with Crippen molar-refractivity contribution in [1.82, 2.24) is 15.2 Å². The number of nitrogens with zero attached hydrogens (tertiary/aromatic N) is 1. The number of urea groups is 1. The number of halogens is 2. The average Bonchev–Trinajstić information content (AvgIpc) is 3.00. The van der Waals surface area contributed by atoms with Gasteiger partial charge in [0.15, 0.2) is 0 Å². The highest BCUT2D eigenvalue weighted by Crippen LogP contribution is 2.17. The lowest BCUT2D eigenvalue weighted by Gasteiger charge is -2.18. The Labute approximate surface area is 144 Å². The van der Waals surface area contributed by atoms with E-state index in [4.69, 9.17) is 0 Å². The van der Waals surface area contributed by atoms with Crippen molar-refractivity contribution < 1.29 is 13.6 Å². The predicted octanol–water partition coefficient (Wildman–Crippen LogP) is 3.83. The highest BCUT2D eigenvalue weighted by Gasteiger charge is 2.12. The fraction of sp³-hybridized carbons (Fsp3) is 0.211. The molecule has 0 aliphatic heterocycles. The van der Waals surface area contributed by atoms with E-state index in [9.17, 15) is 13.6 Å². The van der Waals surface area contributed by atoms with Gasteiger partial charge in [-0.3, -0.25) is 0 Å². The van der Waals surface area contributed by atoms with Crippen LogP contribution >= 0.6 is 0 Å². The average molecular weight is 343 g/mol. The molecule has 3 aromatic rings. The molecule has 0 aliphatic rings. The number of hydrogen-bond acceptors (Lipinski definition) is 1. The van der Waals surface area contributed by atoms with Crippen LogP contribution in [0, 0.1) is 11.6 Å². The minimum Gasteiger partial charge on any atom is -0.361 e. The van der Waals surface area contributed by atoms with E-state index in [-0.39, 0.29) is 18.1 Å². The number of carbonyl (C=O) groups is 1. The van der Waals surface area contributed by atoms with Gasteiger partial charge in [0.05, 0.1) is 0 Å². The molecular weight excluding hydrogens is 324 g/mol. The summed E-state index contributed by atoms with van der Waals surface area (Å²) in [5, 5.41) is 3.95. The van der Waals surface area contributed by atoms with Crippen molar-refractivity contribution in [2.45, 2.75) is 13.0 Å². The van der Waals surface area contributed by atoms with Gasteiger partial charge in [0.1, 0.15) is 11.6 Å². The van der Waals surface area contributed by atoms with E-state index >= 15 is 0 Å². The number of carbonyl (C=O) groups excluding carboxylic acids is 1. The molecule has 1 heterocycles. The third-order valence-corrected chi connectivity index (χ3v) is 4.11. The van der Waals surface area contributed by atoms with Gasteiger partial charge in [-0.15, -0.1) is 0 Å². The van der Waals surface area contributed by atoms with Crippen LogP contribution in [0.2, 0.25) is 0 Å². The number of H-pyrrole nitrogens is 1. The largest absolute Gasteiger partial charge is 0.361 e. The molecule has 1 aromatic heterocycles. The van der Waals surface area contributed by atoms with Gasteiger partial charge < -0.3 is 15.2 Å². The molecule has 2 aromatic carbocycles. The van der Waals surface area contributed by atoms with Crippen LogP contribution < -0.4 is 5.32 Å². The molecule has 3 rings (SSSR count). The zero-order valence-corrected chi connectivity index (χ0v) is 13.9. The Morgan fingerprint density at radius 3 is 2.76 bits per heavy atom. The lowest BCUT2D eigenvalue weighted by atomic mass is 10.1. The van der Waals surface area contributed by atoms with Crippen LogP contribution in [0.1, 0.15) is 11.1 Å². The molecule has 0 aliphatic carbocycles. The van der Waals surface area contributed by atoms with Crippen LogP contribution in [-0.4, -0.2) is 29.5 Å². The van der Waals surface area contributed by atoms with Crippen LogP contribution in [0.3, 0.4) is 0 Å². The maximum Gasteiger partial charge on any atom is 0.317 e. The molecule has 0 bridgehead atoms. The number of benzene rings is 2. The molecule has 2 amide bonds. The number of fused-ring (bicyclic) bond motifs is 1. The van der Waals surface area contributed by atoms with Crippen molar-refractivity contribution in [2.75, 3.05) is 13.6 Å². The van der Waals surface area contributed by atoms with E-state index in [0.717, 1.165) is 22.5 Å². The van der Waals surface area contributed by atoms with Gasteiger partial charge in [-0.1, -0.05) is 24.3 Å². The first-order valence-electron chi connectivity index (χ1n) is 8.02. The summed E-state index contributed by atoms with van der Waals surface area (Å²) in [7, 11) is 1.57. The normalized spacial score (nSPS) is 10.8. The molecule has 0 unspecified atom stereocenters. The van der Waals surface area contributed by atoms with Crippen molar-refractivity contribution in [3.63, 3.8) is 0 Å². The molecule has 2 N–H and O–H groups in total. The zero-order chi connectivity index (χ0) is 17.8. The standard InChI is InChI=1S/C19H19F2N3O/c1-24(12-14-6-7-15(20)10-17(14)21)19(25)22-9-8-13-11-23-18-5-3-2-4-16(13)18/h2-7,10-11,23H,8-9,12H2,1H3,(H,22,25). The third kappa shape index (κ3) is 3.96. The Kier molecular flexibility index (Phi) is 4.97. The highest BCUT2D eigenvalue weighted by atomic mass is 19.1. The van der Waals surface area contributed by atoms with E-state index < -0.39 is 11.6 Å². The smallest absolute Gasteiger partial charge is 0.317 e. The van der Waals surface area contributed by atoms with Gasteiger partial charge >= 0.3 is 6.03 Å². The SMILES string of the molecule is CN(Cc1ccc(F)cc1F)C(=O)NCCc1c[nH]c2ccccc12. The molecule has 6 heteroatoms. The van der Waals surface area contributed by atoms with Gasteiger partial charge in [-0.25, -0.2) is 13.6 Å². The molecule has 0 radical (unpaired) electrons. The third-order valence-electron chi connectivity index (χ3n) is 4.11. The van der Waals surface area contributed by atoms with E-state index in [2.05, 4.69) is 10.3 Å². The molecule has 130 valence electrons. The van der Waals surface area contributed by atoms with Gasteiger partial charge in [0, 0.05) is 48.9 Å². The number of amides is 2. The number of aromatic nitrogens is 1. The van der Waals surface area contributed by atoms with E-state index in [1.54, 1.807) is 7.05 Å². The quantitative estimate of drug-likeness (QED) is 0.727. The van der Waals surface area contributed by atoms with Crippen molar-refractivity contribution in [1.29, 1.82) is 0 Å². The van der Waals surface area contributed by atoms with Crippen LogP contribution in [0.4, 0.5) is 13.6 Å². The minimum atomic E-state index is -0.654. The summed E-state index contributed by atoms with van der Waals surface area (Å²) in [4.78, 5) is 16.7.